The monoisotopic (exact) mass is 333 g/mol. The zero-order valence-corrected chi connectivity index (χ0v) is 12.9. The molecule has 1 aliphatic carbocycles. The number of hydrogen-bond donors (Lipinski definition) is 0. The van der Waals surface area contributed by atoms with E-state index in [2.05, 4.69) is 28.0 Å². The second kappa shape index (κ2) is 8.30. The van der Waals surface area contributed by atoms with E-state index in [0.717, 1.165) is 25.7 Å². The number of alkyl halides is 1. The first kappa shape index (κ1) is 16.1. The van der Waals surface area contributed by atoms with Gasteiger partial charge in [-0.1, -0.05) is 28.0 Å². The highest BCUT2D eigenvalue weighted by atomic mass is 79.9. The molecule has 19 heavy (non-hydrogen) atoms. The molecule has 0 aromatic heterocycles. The fourth-order valence-electron chi connectivity index (χ4n) is 1.93. The van der Waals surface area contributed by atoms with Crippen LogP contribution >= 0.6 is 15.9 Å². The third-order valence-corrected chi connectivity index (χ3v) is 3.62. The van der Waals surface area contributed by atoms with Crippen molar-refractivity contribution in [2.45, 2.75) is 45.6 Å². The van der Waals surface area contributed by atoms with Crippen molar-refractivity contribution in [1.82, 2.24) is 0 Å². The zero-order valence-electron chi connectivity index (χ0n) is 11.4. The number of esters is 1. The second-order valence-electron chi connectivity index (χ2n) is 4.70. The Morgan fingerprint density at radius 2 is 1.89 bits per heavy atom. The highest BCUT2D eigenvalue weighted by Crippen LogP contribution is 2.25. The van der Waals surface area contributed by atoms with Crippen LogP contribution in [0.4, 0.5) is 0 Å². The van der Waals surface area contributed by atoms with Crippen LogP contribution in [0.2, 0.25) is 0 Å². The van der Waals surface area contributed by atoms with Crippen molar-refractivity contribution in [3.63, 3.8) is 0 Å². The minimum absolute atomic E-state index is 0.0104. The molecule has 5 nitrogen and oxygen atoms in total. The van der Waals surface area contributed by atoms with Crippen LogP contribution in [0.3, 0.4) is 0 Å². The largest absolute Gasteiger partial charge is 0.461 e. The van der Waals surface area contributed by atoms with E-state index < -0.39 is 11.8 Å². The van der Waals surface area contributed by atoms with E-state index in [1.165, 1.54) is 0 Å². The van der Waals surface area contributed by atoms with E-state index in [1.807, 2.05) is 0 Å². The molecule has 0 bridgehead atoms. The fourth-order valence-corrected chi connectivity index (χ4v) is 2.19. The molecular formula is C13H20BrNO4. The molecule has 0 aliphatic heterocycles. The van der Waals surface area contributed by atoms with Crippen LogP contribution in [0.15, 0.2) is 5.16 Å². The Morgan fingerprint density at radius 1 is 1.26 bits per heavy atom. The normalized spacial score (nSPS) is 23.8. The molecule has 1 saturated carbocycles. The van der Waals surface area contributed by atoms with Gasteiger partial charge in [0.1, 0.15) is 6.10 Å². The summed E-state index contributed by atoms with van der Waals surface area (Å²) in [6.07, 6.45) is 3.97. The molecule has 0 N–H and O–H groups in total. The Hall–Kier alpha value is -0.910. The third kappa shape index (κ3) is 5.30. The van der Waals surface area contributed by atoms with Crippen molar-refractivity contribution in [1.29, 1.82) is 0 Å². The molecule has 0 saturated heterocycles. The highest BCUT2D eigenvalue weighted by molar-refractivity contribution is 9.09. The minimum atomic E-state index is -0.726. The molecule has 6 heteroatoms. The van der Waals surface area contributed by atoms with Gasteiger partial charge < -0.3 is 9.57 Å². The van der Waals surface area contributed by atoms with Gasteiger partial charge >= 0.3 is 5.97 Å². The van der Waals surface area contributed by atoms with Gasteiger partial charge in [0.05, 0.1) is 11.9 Å². The Kier molecular flexibility index (Phi) is 7.05. The topological polar surface area (TPSA) is 65.0 Å². The van der Waals surface area contributed by atoms with Crippen molar-refractivity contribution in [2.24, 2.45) is 11.1 Å². The number of ether oxygens (including phenoxy) is 1. The molecule has 0 aromatic carbocycles. The summed E-state index contributed by atoms with van der Waals surface area (Å²) in [7, 11) is 0. The summed E-state index contributed by atoms with van der Waals surface area (Å²) < 4.78 is 4.79. The standard InChI is InChI=1S/C13H20BrNO4/c1-3-18-13(17)12(11(16)8-14)15-19-10-6-4-9(2)5-7-10/h9-10H,3-8H2,1-2H3/b15-12-. The summed E-state index contributed by atoms with van der Waals surface area (Å²) in [6.45, 7) is 4.09. The molecular weight excluding hydrogens is 314 g/mol. The first-order chi connectivity index (χ1) is 9.08. The van der Waals surface area contributed by atoms with Gasteiger partial charge in [0.15, 0.2) is 0 Å². The van der Waals surface area contributed by atoms with Gasteiger partial charge in [0.2, 0.25) is 11.5 Å². The molecule has 0 radical (unpaired) electrons. The number of carbonyl (C=O) groups is 2. The van der Waals surface area contributed by atoms with Gasteiger partial charge in [-0.15, -0.1) is 0 Å². The number of oxime groups is 1. The summed E-state index contributed by atoms with van der Waals surface area (Å²) in [5.74, 6) is -0.448. The molecule has 1 fully saturated rings. The van der Waals surface area contributed by atoms with Crippen LogP contribution in [0.1, 0.15) is 39.5 Å². The number of rotatable bonds is 6. The van der Waals surface area contributed by atoms with Gasteiger partial charge in [-0.2, -0.15) is 0 Å². The lowest BCUT2D eigenvalue weighted by Gasteiger charge is -2.24. The second-order valence-corrected chi connectivity index (χ2v) is 5.27. The SMILES string of the molecule is CCOC(=O)/C(=N\OC1CCC(C)CC1)C(=O)CBr. The van der Waals surface area contributed by atoms with Gasteiger partial charge in [-0.25, -0.2) is 4.79 Å². The Balaban J connectivity index is 2.61. The molecule has 0 heterocycles. The van der Waals surface area contributed by atoms with E-state index in [9.17, 15) is 9.59 Å². The van der Waals surface area contributed by atoms with E-state index in [4.69, 9.17) is 9.57 Å². The first-order valence-corrected chi connectivity index (χ1v) is 7.70. The summed E-state index contributed by atoms with van der Waals surface area (Å²) in [5, 5.41) is 3.75. The maximum atomic E-state index is 11.6. The summed E-state index contributed by atoms with van der Waals surface area (Å²) in [4.78, 5) is 28.5. The maximum Gasteiger partial charge on any atom is 0.364 e. The average molecular weight is 334 g/mol. The molecule has 108 valence electrons. The van der Waals surface area contributed by atoms with Gasteiger partial charge in [0, 0.05) is 0 Å². The quantitative estimate of drug-likeness (QED) is 0.246. The third-order valence-electron chi connectivity index (χ3n) is 3.11. The minimum Gasteiger partial charge on any atom is -0.461 e. The van der Waals surface area contributed by atoms with Crippen LogP contribution in [-0.4, -0.2) is 35.5 Å². The van der Waals surface area contributed by atoms with E-state index in [1.54, 1.807) is 6.92 Å². The van der Waals surface area contributed by atoms with Gasteiger partial charge in [-0.3, -0.25) is 4.79 Å². The predicted molar refractivity (Wildman–Crippen MR) is 75.4 cm³/mol. The zero-order chi connectivity index (χ0) is 14.3. The summed E-state index contributed by atoms with van der Waals surface area (Å²) >= 11 is 3.01. The molecule has 1 aliphatic rings. The smallest absolute Gasteiger partial charge is 0.364 e. The van der Waals surface area contributed by atoms with Crippen LogP contribution in [0.5, 0.6) is 0 Å². The van der Waals surface area contributed by atoms with Crippen LogP contribution in [0, 0.1) is 5.92 Å². The van der Waals surface area contributed by atoms with Crippen molar-refractivity contribution >= 4 is 33.4 Å². The van der Waals surface area contributed by atoms with Crippen LogP contribution < -0.4 is 0 Å². The fraction of sp³-hybridized carbons (Fsp3) is 0.769. The number of carbonyl (C=O) groups excluding carboxylic acids is 2. The molecule has 0 unspecified atom stereocenters. The van der Waals surface area contributed by atoms with E-state index >= 15 is 0 Å². The van der Waals surface area contributed by atoms with Gasteiger partial charge in [0.25, 0.3) is 0 Å². The van der Waals surface area contributed by atoms with Crippen molar-refractivity contribution in [2.75, 3.05) is 11.9 Å². The lowest BCUT2D eigenvalue weighted by atomic mass is 9.89. The molecule has 1 rings (SSSR count). The van der Waals surface area contributed by atoms with Crippen LogP contribution in [-0.2, 0) is 19.2 Å². The number of halogens is 1. The molecule has 0 amide bonds. The molecule has 0 aromatic rings. The molecule has 0 atom stereocenters. The maximum absolute atomic E-state index is 11.6. The first-order valence-electron chi connectivity index (χ1n) is 6.58. The molecule has 0 spiro atoms. The average Bonchev–Trinajstić information content (AvgIpc) is 2.41. The Labute approximate surface area is 121 Å². The lowest BCUT2D eigenvalue weighted by Crippen LogP contribution is -2.29. The lowest BCUT2D eigenvalue weighted by molar-refractivity contribution is -0.136. The summed E-state index contributed by atoms with van der Waals surface area (Å²) in [6, 6.07) is 0. The summed E-state index contributed by atoms with van der Waals surface area (Å²) in [5.41, 5.74) is -0.266. The predicted octanol–water partition coefficient (Wildman–Crippen LogP) is 2.46. The number of Topliss-reactive ketones (excluding diaryl/α,β-unsaturated/α-hetero) is 1. The number of hydrogen-bond acceptors (Lipinski definition) is 5. The Bertz CT molecular complexity index is 349. The van der Waals surface area contributed by atoms with E-state index in [-0.39, 0.29) is 23.8 Å². The van der Waals surface area contributed by atoms with Crippen molar-refractivity contribution in [3.05, 3.63) is 0 Å². The number of nitrogens with zero attached hydrogens (tertiary/aromatic N) is 1. The van der Waals surface area contributed by atoms with Gasteiger partial charge in [-0.05, 0) is 38.5 Å². The van der Waals surface area contributed by atoms with Crippen molar-refractivity contribution in [3.8, 4) is 0 Å². The van der Waals surface area contributed by atoms with E-state index in [0.29, 0.717) is 5.92 Å². The Morgan fingerprint density at radius 3 is 2.42 bits per heavy atom. The van der Waals surface area contributed by atoms with Crippen LogP contribution in [0.25, 0.3) is 0 Å². The van der Waals surface area contributed by atoms with Crippen molar-refractivity contribution < 1.29 is 19.2 Å². The highest BCUT2D eigenvalue weighted by Gasteiger charge is 2.24. The number of ketones is 1.